The number of benzene rings is 2. The van der Waals surface area contributed by atoms with Gasteiger partial charge in [0.05, 0.1) is 46.7 Å². The lowest BCUT2D eigenvalue weighted by Gasteiger charge is -2.27. The third-order valence-electron chi connectivity index (χ3n) is 5.82. The number of methoxy groups -OCH3 is 2. The van der Waals surface area contributed by atoms with Crippen molar-refractivity contribution >= 4 is 47.5 Å². The minimum Gasteiger partial charge on any atom is -0.492 e. The molecule has 0 fully saturated rings. The van der Waals surface area contributed by atoms with Crippen molar-refractivity contribution in [3.8, 4) is 11.5 Å². The maximum Gasteiger partial charge on any atom is 0.407 e. The number of nitrogens with one attached hydrogen (secondary N) is 1. The number of nitrogens with two attached hydrogens (primary N) is 1. The summed E-state index contributed by atoms with van der Waals surface area (Å²) in [5, 5.41) is 2.73. The van der Waals surface area contributed by atoms with Crippen molar-refractivity contribution in [1.82, 2.24) is 5.32 Å². The Bertz CT molecular complexity index is 1210. The zero-order valence-corrected chi connectivity index (χ0v) is 25.4. The summed E-state index contributed by atoms with van der Waals surface area (Å²) in [6.07, 6.45) is 0.887. The highest BCUT2D eigenvalue weighted by atomic mass is 35.5. The van der Waals surface area contributed by atoms with Crippen LogP contribution in [0.4, 0.5) is 9.59 Å². The van der Waals surface area contributed by atoms with Crippen molar-refractivity contribution in [3.63, 3.8) is 0 Å². The Labute approximate surface area is 255 Å². The summed E-state index contributed by atoms with van der Waals surface area (Å²) in [7, 11) is 2.53. The SMILES string of the molecule is CCOC(=O)c1cccc2c1OCC[C@@H]2N.CCOC(=O)c1cccc2c1OCC[C@@H]2NC(=O)OC.COC(=O)Cl.Cl. The number of fused-ring (bicyclic) bond motifs is 2. The Kier molecular flexibility index (Phi) is 16.1. The average Bonchev–Trinajstić information content (AvgIpc) is 2.97. The fraction of sp³-hybridized carbons (Fsp3) is 0.429. The van der Waals surface area contributed by atoms with Crippen LogP contribution < -0.4 is 20.5 Å². The van der Waals surface area contributed by atoms with Crippen molar-refractivity contribution in [2.45, 2.75) is 38.8 Å². The summed E-state index contributed by atoms with van der Waals surface area (Å²) in [5.41, 5.74) is 7.67. The van der Waals surface area contributed by atoms with Gasteiger partial charge < -0.3 is 39.5 Å². The smallest absolute Gasteiger partial charge is 0.407 e. The van der Waals surface area contributed by atoms with Crippen molar-refractivity contribution in [3.05, 3.63) is 58.7 Å². The Balaban J connectivity index is 0.000000360. The molecule has 0 saturated heterocycles. The summed E-state index contributed by atoms with van der Waals surface area (Å²) >= 11 is 4.60. The summed E-state index contributed by atoms with van der Waals surface area (Å²) in [4.78, 5) is 44.3. The van der Waals surface area contributed by atoms with Gasteiger partial charge in [-0.25, -0.2) is 19.2 Å². The third kappa shape index (κ3) is 10.3. The van der Waals surface area contributed by atoms with Gasteiger partial charge in [-0.3, -0.25) is 0 Å². The second-order valence-corrected chi connectivity index (χ2v) is 8.71. The van der Waals surface area contributed by atoms with Crippen LogP contribution >= 0.6 is 24.0 Å². The molecule has 2 aliphatic rings. The molecular formula is C28H36Cl2N2O10. The molecule has 4 rings (SSSR count). The van der Waals surface area contributed by atoms with Crippen LogP contribution in [0.3, 0.4) is 0 Å². The first kappa shape index (κ1) is 36.3. The van der Waals surface area contributed by atoms with Gasteiger partial charge in [-0.1, -0.05) is 24.3 Å². The molecule has 12 nitrogen and oxygen atoms in total. The molecule has 2 heterocycles. The molecule has 0 radical (unpaired) electrons. The van der Waals surface area contributed by atoms with Crippen LogP contribution in [0.2, 0.25) is 0 Å². The van der Waals surface area contributed by atoms with E-state index in [0.717, 1.165) is 17.5 Å². The van der Waals surface area contributed by atoms with Gasteiger partial charge in [-0.05, 0) is 26.0 Å². The van der Waals surface area contributed by atoms with E-state index >= 15 is 0 Å². The molecule has 3 N–H and O–H groups in total. The van der Waals surface area contributed by atoms with Gasteiger partial charge in [0.2, 0.25) is 0 Å². The molecule has 1 amide bonds. The van der Waals surface area contributed by atoms with Gasteiger partial charge >= 0.3 is 23.5 Å². The van der Waals surface area contributed by atoms with Crippen LogP contribution in [0.5, 0.6) is 11.5 Å². The first-order valence-electron chi connectivity index (χ1n) is 12.9. The largest absolute Gasteiger partial charge is 0.492 e. The maximum absolute atomic E-state index is 11.9. The second-order valence-electron chi connectivity index (χ2n) is 8.40. The Morgan fingerprint density at radius 2 is 1.33 bits per heavy atom. The number of para-hydroxylation sites is 2. The standard InChI is InChI=1S/C14H17NO5.C12H15NO3.C2H3ClO2.ClH/c1-3-19-13(16)10-6-4-5-9-11(15-14(17)18-2)7-8-20-12(9)10;1-2-15-12(14)9-5-3-4-8-10(13)6-7-16-11(8)9;1-5-2(3)4;/h4-6,11H,3,7-8H2,1-2H3,(H,15,17);3-5,10H,2,6-7,13H2,1H3;1H3;1H/t11-;10-;;/m00../s1. The lowest BCUT2D eigenvalue weighted by Crippen LogP contribution is -2.32. The second kappa shape index (κ2) is 18.6. The number of ether oxygens (including phenoxy) is 6. The van der Waals surface area contributed by atoms with E-state index in [0.29, 0.717) is 55.5 Å². The van der Waals surface area contributed by atoms with Crippen molar-refractivity contribution in [2.75, 3.05) is 40.6 Å². The molecule has 0 unspecified atom stereocenters. The first-order chi connectivity index (χ1) is 19.7. The van der Waals surface area contributed by atoms with Crippen molar-refractivity contribution in [1.29, 1.82) is 0 Å². The quantitative estimate of drug-likeness (QED) is 0.257. The van der Waals surface area contributed by atoms with E-state index in [-0.39, 0.29) is 30.5 Å². The van der Waals surface area contributed by atoms with E-state index in [1.807, 2.05) is 12.1 Å². The van der Waals surface area contributed by atoms with Gasteiger partial charge in [-0.2, -0.15) is 0 Å². The number of rotatable bonds is 5. The van der Waals surface area contributed by atoms with E-state index in [2.05, 4.69) is 26.4 Å². The Morgan fingerprint density at radius 3 is 1.81 bits per heavy atom. The normalized spacial score (nSPS) is 15.8. The van der Waals surface area contributed by atoms with Crippen LogP contribution in [-0.4, -0.2) is 64.1 Å². The lowest BCUT2D eigenvalue weighted by molar-refractivity contribution is 0.0510. The fourth-order valence-electron chi connectivity index (χ4n) is 3.97. The molecule has 2 aromatic carbocycles. The van der Waals surface area contributed by atoms with E-state index in [1.54, 1.807) is 38.1 Å². The lowest BCUT2D eigenvalue weighted by atomic mass is 9.97. The number of halogens is 2. The van der Waals surface area contributed by atoms with Gasteiger partial charge in [0.15, 0.2) is 0 Å². The number of carbonyl (C=O) groups excluding carboxylic acids is 4. The Morgan fingerprint density at radius 1 is 0.857 bits per heavy atom. The molecule has 0 spiro atoms. The van der Waals surface area contributed by atoms with E-state index < -0.39 is 17.5 Å². The van der Waals surface area contributed by atoms with Crippen LogP contribution in [-0.2, 0) is 18.9 Å². The van der Waals surface area contributed by atoms with Gasteiger partial charge in [0.1, 0.15) is 22.6 Å². The summed E-state index contributed by atoms with van der Waals surface area (Å²) < 4.78 is 29.5. The molecule has 0 bridgehead atoms. The topological polar surface area (TPSA) is 162 Å². The minimum atomic E-state index is -0.773. The van der Waals surface area contributed by atoms with Crippen LogP contribution in [0.1, 0.15) is 70.6 Å². The van der Waals surface area contributed by atoms with Gasteiger partial charge in [0.25, 0.3) is 0 Å². The highest BCUT2D eigenvalue weighted by molar-refractivity contribution is 6.61. The Hall–Kier alpha value is -3.74. The molecule has 0 aliphatic carbocycles. The summed E-state index contributed by atoms with van der Waals surface area (Å²) in [5.74, 6) is 0.273. The average molecular weight is 632 g/mol. The van der Waals surface area contributed by atoms with Crippen molar-refractivity contribution in [2.24, 2.45) is 5.73 Å². The van der Waals surface area contributed by atoms with Crippen LogP contribution in [0.25, 0.3) is 0 Å². The van der Waals surface area contributed by atoms with E-state index in [1.165, 1.54) is 14.2 Å². The molecule has 2 aliphatic heterocycles. The van der Waals surface area contributed by atoms with E-state index in [9.17, 15) is 19.2 Å². The molecule has 14 heteroatoms. The molecule has 232 valence electrons. The van der Waals surface area contributed by atoms with Gasteiger partial charge in [-0.15, -0.1) is 12.4 Å². The zero-order valence-electron chi connectivity index (χ0n) is 23.8. The van der Waals surface area contributed by atoms with E-state index in [4.69, 9.17) is 24.7 Å². The third-order valence-corrected chi connectivity index (χ3v) is 5.98. The molecule has 2 atom stereocenters. The highest BCUT2D eigenvalue weighted by Crippen LogP contribution is 2.36. The van der Waals surface area contributed by atoms with Crippen LogP contribution in [0.15, 0.2) is 36.4 Å². The summed E-state index contributed by atoms with van der Waals surface area (Å²) in [6.45, 7) is 5.14. The minimum absolute atomic E-state index is 0. The number of amides is 1. The number of hydrogen-bond donors (Lipinski definition) is 2. The monoisotopic (exact) mass is 630 g/mol. The fourth-order valence-corrected chi connectivity index (χ4v) is 3.97. The highest BCUT2D eigenvalue weighted by Gasteiger charge is 2.28. The molecule has 0 aromatic heterocycles. The summed E-state index contributed by atoms with van der Waals surface area (Å²) in [6, 6.07) is 10.3. The molecule has 42 heavy (non-hydrogen) atoms. The van der Waals surface area contributed by atoms with Gasteiger partial charge in [0, 0.05) is 41.6 Å². The number of hydrogen-bond acceptors (Lipinski definition) is 11. The molecular weight excluding hydrogens is 595 g/mol. The zero-order chi connectivity index (χ0) is 30.4. The van der Waals surface area contributed by atoms with Crippen molar-refractivity contribution < 1.29 is 47.6 Å². The van der Waals surface area contributed by atoms with Crippen LogP contribution in [0, 0.1) is 0 Å². The predicted octanol–water partition coefficient (Wildman–Crippen LogP) is 5.10. The number of alkyl carbamates (subject to hydrolysis) is 1. The molecule has 2 aromatic rings. The maximum atomic E-state index is 11.9. The molecule has 0 saturated carbocycles. The number of esters is 2. The first-order valence-corrected chi connectivity index (χ1v) is 13.2. The number of carbonyl (C=O) groups is 4. The predicted molar refractivity (Wildman–Crippen MR) is 156 cm³/mol.